The van der Waals surface area contributed by atoms with E-state index in [4.69, 9.17) is 4.74 Å². The number of esters is 1. The molecule has 0 atom stereocenters. The molecule has 2 heterocycles. The third-order valence-corrected chi connectivity index (χ3v) is 7.04. The molecule has 0 saturated carbocycles. The number of aryl methyl sites for hydroxylation is 1. The minimum Gasteiger partial charge on any atom is -0.466 e. The van der Waals surface area contributed by atoms with E-state index in [9.17, 15) is 9.59 Å². The number of aromatic nitrogens is 4. The molecular weight excluding hydrogens is 478 g/mol. The van der Waals surface area contributed by atoms with Gasteiger partial charge in [0.2, 0.25) is 5.91 Å². The average Bonchev–Trinajstić information content (AvgIpc) is 3.39. The number of allylic oxidation sites excluding steroid dienone is 1. The van der Waals surface area contributed by atoms with Crippen LogP contribution in [0.1, 0.15) is 24.0 Å². The van der Waals surface area contributed by atoms with Crippen LogP contribution in [0.15, 0.2) is 52.4 Å². The minimum absolute atomic E-state index is 0.0863. The summed E-state index contributed by atoms with van der Waals surface area (Å²) >= 11 is 4.26. The fourth-order valence-electron chi connectivity index (χ4n) is 2.72. The van der Waals surface area contributed by atoms with E-state index >= 15 is 0 Å². The van der Waals surface area contributed by atoms with Crippen molar-refractivity contribution in [1.82, 2.24) is 19.7 Å². The Labute approximate surface area is 205 Å². The van der Waals surface area contributed by atoms with E-state index in [0.29, 0.717) is 34.9 Å². The van der Waals surface area contributed by atoms with E-state index in [0.717, 1.165) is 10.7 Å². The number of benzene rings is 1. The van der Waals surface area contributed by atoms with E-state index in [1.165, 1.54) is 28.7 Å². The van der Waals surface area contributed by atoms with Crippen LogP contribution >= 0.6 is 34.9 Å². The van der Waals surface area contributed by atoms with Gasteiger partial charge < -0.3 is 14.6 Å². The molecule has 1 amide bonds. The lowest BCUT2D eigenvalue weighted by atomic mass is 10.2. The number of amides is 1. The molecule has 3 aromatic rings. The second-order valence-corrected chi connectivity index (χ2v) is 9.71. The maximum atomic E-state index is 12.4. The zero-order valence-corrected chi connectivity index (χ0v) is 20.9. The van der Waals surface area contributed by atoms with Crippen LogP contribution in [0.25, 0.3) is 0 Å². The van der Waals surface area contributed by atoms with Gasteiger partial charge in [-0.1, -0.05) is 35.5 Å². The summed E-state index contributed by atoms with van der Waals surface area (Å²) < 4.78 is 6.88. The maximum Gasteiger partial charge on any atom is 0.311 e. The summed E-state index contributed by atoms with van der Waals surface area (Å²) in [6.07, 6.45) is 1.87. The van der Waals surface area contributed by atoms with Crippen molar-refractivity contribution in [2.75, 3.05) is 17.7 Å². The number of hydrogen-bond acceptors (Lipinski definition) is 9. The van der Waals surface area contributed by atoms with Gasteiger partial charge in [-0.3, -0.25) is 9.59 Å². The van der Waals surface area contributed by atoms with Crippen LogP contribution in [0.4, 0.5) is 5.13 Å². The summed E-state index contributed by atoms with van der Waals surface area (Å²) in [5, 5.41) is 14.2. The number of hydrogen-bond donors (Lipinski definition) is 1. The lowest BCUT2D eigenvalue weighted by Crippen LogP contribution is -2.15. The van der Waals surface area contributed by atoms with Crippen LogP contribution in [0, 0.1) is 6.92 Å². The summed E-state index contributed by atoms with van der Waals surface area (Å²) in [4.78, 5) is 29.4. The van der Waals surface area contributed by atoms with Crippen LogP contribution in [0.3, 0.4) is 0 Å². The van der Waals surface area contributed by atoms with Crippen molar-refractivity contribution in [2.45, 2.75) is 42.6 Å². The zero-order chi connectivity index (χ0) is 23.6. The zero-order valence-electron chi connectivity index (χ0n) is 18.4. The molecule has 2 aromatic heterocycles. The molecule has 0 aliphatic heterocycles. The summed E-state index contributed by atoms with van der Waals surface area (Å²) in [7, 11) is 0. The first-order chi connectivity index (χ1) is 16.0. The Morgan fingerprint density at radius 3 is 2.76 bits per heavy atom. The second-order valence-electron chi connectivity index (χ2n) is 6.86. The van der Waals surface area contributed by atoms with Gasteiger partial charge in [0.25, 0.3) is 0 Å². The average molecular weight is 504 g/mol. The molecule has 0 aliphatic rings. The highest BCUT2D eigenvalue weighted by molar-refractivity contribution is 7.99. The third-order valence-electron chi connectivity index (χ3n) is 4.26. The molecule has 174 valence electrons. The second kappa shape index (κ2) is 12.6. The minimum atomic E-state index is -0.339. The Kier molecular flexibility index (Phi) is 9.52. The van der Waals surface area contributed by atoms with E-state index < -0.39 is 0 Å². The number of thiazole rings is 1. The van der Waals surface area contributed by atoms with Gasteiger partial charge in [-0.25, -0.2) is 4.98 Å². The lowest BCUT2D eigenvalue weighted by molar-refractivity contribution is -0.142. The van der Waals surface area contributed by atoms with E-state index in [1.807, 2.05) is 4.57 Å². The molecule has 0 unspecified atom stereocenters. The molecule has 0 radical (unpaired) electrons. The number of anilines is 1. The van der Waals surface area contributed by atoms with Crippen molar-refractivity contribution in [1.29, 1.82) is 0 Å². The summed E-state index contributed by atoms with van der Waals surface area (Å²) in [5.41, 5.74) is 1.79. The van der Waals surface area contributed by atoms with Crippen LogP contribution in [0.5, 0.6) is 0 Å². The smallest absolute Gasteiger partial charge is 0.311 e. The van der Waals surface area contributed by atoms with Gasteiger partial charge in [-0.05, 0) is 26.0 Å². The molecular formula is C22H25N5O3S3. The highest BCUT2D eigenvalue weighted by Gasteiger charge is 2.15. The maximum absolute atomic E-state index is 12.4. The Balaban J connectivity index is 1.54. The van der Waals surface area contributed by atoms with Crippen molar-refractivity contribution in [2.24, 2.45) is 0 Å². The van der Waals surface area contributed by atoms with Gasteiger partial charge in [0.1, 0.15) is 5.82 Å². The first kappa shape index (κ1) is 25.0. The predicted molar refractivity (Wildman–Crippen MR) is 133 cm³/mol. The Morgan fingerprint density at radius 1 is 1.24 bits per heavy atom. The number of nitrogens with zero attached hydrogens (tertiary/aromatic N) is 4. The lowest BCUT2D eigenvalue weighted by Gasteiger charge is -2.08. The van der Waals surface area contributed by atoms with Crippen molar-refractivity contribution in [3.8, 4) is 0 Å². The topological polar surface area (TPSA) is 99.0 Å². The van der Waals surface area contributed by atoms with Crippen molar-refractivity contribution < 1.29 is 14.3 Å². The van der Waals surface area contributed by atoms with Crippen molar-refractivity contribution in [3.05, 3.63) is 59.4 Å². The van der Waals surface area contributed by atoms with Crippen molar-refractivity contribution in [3.63, 3.8) is 0 Å². The first-order valence-electron chi connectivity index (χ1n) is 10.2. The molecule has 3 rings (SSSR count). The molecule has 0 aliphatic carbocycles. The number of nitrogens with one attached hydrogen (secondary N) is 1. The van der Waals surface area contributed by atoms with Gasteiger partial charge in [0.15, 0.2) is 10.3 Å². The summed E-state index contributed by atoms with van der Waals surface area (Å²) in [5.74, 6) is 1.11. The number of carbonyl (C=O) groups excluding carboxylic acids is 2. The highest BCUT2D eigenvalue weighted by atomic mass is 32.2. The van der Waals surface area contributed by atoms with Crippen LogP contribution in [-0.4, -0.2) is 44.0 Å². The standard InChI is InChI=1S/C22H25N5O3S3/c1-4-10-27-18(13-31-17-8-6-15(3)7-9-17)25-26-22(27)33-14-19(28)24-21-23-16(12-32-21)11-20(29)30-5-2/h4,6-9,12H,1,5,10-11,13-14H2,2-3H3,(H,23,24,28). The summed E-state index contributed by atoms with van der Waals surface area (Å²) in [6, 6.07) is 8.34. The van der Waals surface area contributed by atoms with Gasteiger partial charge in [-0.2, -0.15) is 0 Å². The fraction of sp³-hybridized carbons (Fsp3) is 0.318. The molecule has 11 heteroatoms. The monoisotopic (exact) mass is 503 g/mol. The molecule has 1 aromatic carbocycles. The Hall–Kier alpha value is -2.63. The number of rotatable bonds is 12. The molecule has 0 saturated heterocycles. The van der Waals surface area contributed by atoms with Crippen molar-refractivity contribution >= 4 is 51.9 Å². The fourth-order valence-corrected chi connectivity index (χ4v) is 5.05. The SMILES string of the molecule is C=CCn1c(CSc2ccc(C)cc2)nnc1SCC(=O)Nc1nc(CC(=O)OCC)cs1. The van der Waals surface area contributed by atoms with E-state index in [-0.39, 0.29) is 24.1 Å². The Bertz CT molecular complexity index is 1100. The summed E-state index contributed by atoms with van der Waals surface area (Å²) in [6.45, 7) is 8.52. The van der Waals surface area contributed by atoms with Crippen LogP contribution in [0.2, 0.25) is 0 Å². The largest absolute Gasteiger partial charge is 0.466 e. The van der Waals surface area contributed by atoms with E-state index in [2.05, 4.69) is 58.3 Å². The number of thioether (sulfide) groups is 2. The predicted octanol–water partition coefficient (Wildman–Crippen LogP) is 4.36. The van der Waals surface area contributed by atoms with Crippen LogP contribution < -0.4 is 5.32 Å². The number of carbonyl (C=O) groups is 2. The molecule has 8 nitrogen and oxygen atoms in total. The quantitative estimate of drug-likeness (QED) is 0.221. The Morgan fingerprint density at radius 2 is 2.03 bits per heavy atom. The van der Waals surface area contributed by atoms with Crippen LogP contribution in [-0.2, 0) is 33.0 Å². The first-order valence-corrected chi connectivity index (χ1v) is 13.1. The molecule has 33 heavy (non-hydrogen) atoms. The molecule has 0 fully saturated rings. The van der Waals surface area contributed by atoms with Gasteiger partial charge in [-0.15, -0.1) is 39.9 Å². The van der Waals surface area contributed by atoms with E-state index in [1.54, 1.807) is 30.1 Å². The molecule has 0 spiro atoms. The third kappa shape index (κ3) is 7.72. The molecule has 1 N–H and O–H groups in total. The van der Waals surface area contributed by atoms with Gasteiger partial charge in [0.05, 0.1) is 30.2 Å². The normalized spacial score (nSPS) is 10.7. The van der Waals surface area contributed by atoms with Gasteiger partial charge in [0, 0.05) is 16.8 Å². The number of ether oxygens (including phenoxy) is 1. The molecule has 0 bridgehead atoms. The van der Waals surface area contributed by atoms with Gasteiger partial charge >= 0.3 is 5.97 Å². The highest BCUT2D eigenvalue weighted by Crippen LogP contribution is 2.25.